The standard InChI is InChI=1S/C17H7Cl2F7N2O3S/c18-11-5-10(32(31)17(25,26)15(20,21)16(22,23)24)6-12(19)13(11)28-14(30)8-2-1-3-9(4-8)27-7-29/h1-6H,(H,28,30). The molecular formula is C17H7Cl2F7N2O3S. The molecule has 1 unspecified atom stereocenters. The summed E-state index contributed by atoms with van der Waals surface area (Å²) in [6.45, 7) is 0. The molecule has 172 valence electrons. The van der Waals surface area contributed by atoms with Gasteiger partial charge < -0.3 is 5.32 Å². The van der Waals surface area contributed by atoms with Crippen LogP contribution in [0.2, 0.25) is 10.0 Å². The Bertz CT molecular complexity index is 1110. The van der Waals surface area contributed by atoms with Gasteiger partial charge >= 0.3 is 17.4 Å². The van der Waals surface area contributed by atoms with Gasteiger partial charge in [-0.05, 0) is 30.3 Å². The number of aliphatic imine (C=N–C) groups is 1. The van der Waals surface area contributed by atoms with Crippen LogP contribution in [0.25, 0.3) is 0 Å². The van der Waals surface area contributed by atoms with E-state index in [2.05, 4.69) is 10.3 Å². The molecule has 0 heterocycles. The molecule has 0 bridgehead atoms. The zero-order valence-electron chi connectivity index (χ0n) is 14.9. The molecule has 2 rings (SSSR count). The minimum atomic E-state index is -6.68. The van der Waals surface area contributed by atoms with Gasteiger partial charge in [0.1, 0.15) is 10.8 Å². The molecule has 0 aromatic heterocycles. The second-order valence-corrected chi connectivity index (χ2v) is 8.16. The van der Waals surface area contributed by atoms with Crippen LogP contribution >= 0.6 is 23.2 Å². The number of amides is 1. The Hall–Kier alpha value is -2.47. The molecular weight excluding hydrogens is 516 g/mol. The molecule has 0 aliphatic rings. The fraction of sp³-hybridized carbons (Fsp3) is 0.176. The largest absolute Gasteiger partial charge is 0.461 e. The Morgan fingerprint density at radius 1 is 1.00 bits per heavy atom. The summed E-state index contributed by atoms with van der Waals surface area (Å²) < 4.78 is 103. The summed E-state index contributed by atoms with van der Waals surface area (Å²) in [4.78, 5) is 24.7. The number of carbonyl (C=O) groups is 1. The van der Waals surface area contributed by atoms with Crippen LogP contribution < -0.4 is 5.32 Å². The first kappa shape index (κ1) is 25.8. The van der Waals surface area contributed by atoms with Crippen LogP contribution in [0.3, 0.4) is 0 Å². The number of rotatable bonds is 6. The van der Waals surface area contributed by atoms with Crippen LogP contribution in [-0.2, 0) is 15.6 Å². The lowest BCUT2D eigenvalue weighted by Gasteiger charge is -2.27. The summed E-state index contributed by atoms with van der Waals surface area (Å²) in [5, 5.41) is -5.24. The fourth-order valence-corrected chi connectivity index (χ4v) is 3.97. The second kappa shape index (κ2) is 9.18. The molecule has 1 N–H and O–H groups in total. The summed E-state index contributed by atoms with van der Waals surface area (Å²) in [6, 6.07) is 5.95. The summed E-state index contributed by atoms with van der Waals surface area (Å²) in [6.07, 6.45) is -5.43. The van der Waals surface area contributed by atoms with Gasteiger partial charge in [0.15, 0.2) is 0 Å². The van der Waals surface area contributed by atoms with E-state index in [9.17, 15) is 44.5 Å². The van der Waals surface area contributed by atoms with E-state index < -0.39 is 54.7 Å². The fourth-order valence-electron chi connectivity index (χ4n) is 2.16. The number of anilines is 1. The minimum absolute atomic E-state index is 0.0587. The third-order valence-electron chi connectivity index (χ3n) is 3.71. The normalized spacial score (nSPS) is 13.3. The van der Waals surface area contributed by atoms with Crippen molar-refractivity contribution in [1.29, 1.82) is 0 Å². The molecule has 2 aromatic carbocycles. The van der Waals surface area contributed by atoms with Crippen molar-refractivity contribution in [3.8, 4) is 0 Å². The molecule has 0 saturated heterocycles. The third kappa shape index (κ3) is 4.96. The predicted molar refractivity (Wildman–Crippen MR) is 101 cm³/mol. The van der Waals surface area contributed by atoms with Crippen molar-refractivity contribution in [2.45, 2.75) is 22.2 Å². The number of alkyl halides is 7. The van der Waals surface area contributed by atoms with E-state index in [1.165, 1.54) is 24.3 Å². The van der Waals surface area contributed by atoms with Crippen molar-refractivity contribution in [3.05, 3.63) is 52.0 Å². The summed E-state index contributed by atoms with van der Waals surface area (Å²) in [5.74, 6) is -7.51. The van der Waals surface area contributed by atoms with E-state index in [4.69, 9.17) is 23.2 Å². The van der Waals surface area contributed by atoms with Crippen molar-refractivity contribution < 1.29 is 44.5 Å². The molecule has 0 spiro atoms. The topological polar surface area (TPSA) is 75.6 Å². The van der Waals surface area contributed by atoms with Gasteiger partial charge in [-0.3, -0.25) is 4.79 Å². The van der Waals surface area contributed by atoms with Crippen molar-refractivity contribution in [2.24, 2.45) is 4.99 Å². The lowest BCUT2D eigenvalue weighted by Crippen LogP contribution is -2.54. The summed E-state index contributed by atoms with van der Waals surface area (Å²) >= 11 is 11.6. The lowest BCUT2D eigenvalue weighted by atomic mass is 10.2. The maximum atomic E-state index is 13.7. The Balaban J connectivity index is 2.38. The molecule has 1 amide bonds. The first-order valence-corrected chi connectivity index (χ1v) is 9.76. The SMILES string of the molecule is O=C=Nc1cccc(C(=O)Nc2c(Cl)cc(S(=O)C(F)(F)C(F)(F)C(F)(F)F)cc2Cl)c1. The number of nitrogens with one attached hydrogen (secondary N) is 1. The minimum Gasteiger partial charge on any atom is -0.319 e. The van der Waals surface area contributed by atoms with E-state index in [1.54, 1.807) is 0 Å². The van der Waals surface area contributed by atoms with Crippen molar-refractivity contribution in [2.75, 3.05) is 5.32 Å². The molecule has 0 radical (unpaired) electrons. The third-order valence-corrected chi connectivity index (χ3v) is 5.69. The molecule has 0 aliphatic heterocycles. The highest BCUT2D eigenvalue weighted by atomic mass is 35.5. The molecule has 1 atom stereocenters. The smallest absolute Gasteiger partial charge is 0.319 e. The van der Waals surface area contributed by atoms with Crippen LogP contribution in [0.1, 0.15) is 10.4 Å². The Morgan fingerprint density at radius 2 is 1.56 bits per heavy atom. The highest BCUT2D eigenvalue weighted by molar-refractivity contribution is 7.86. The summed E-state index contributed by atoms with van der Waals surface area (Å²) in [7, 11) is -4.23. The Morgan fingerprint density at radius 3 is 2.06 bits per heavy atom. The lowest BCUT2D eigenvalue weighted by molar-refractivity contribution is -0.331. The van der Waals surface area contributed by atoms with Crippen molar-refractivity contribution >= 4 is 57.4 Å². The number of halogens is 9. The van der Waals surface area contributed by atoms with Gasteiger partial charge in [0.05, 0.1) is 21.4 Å². The molecule has 15 heteroatoms. The van der Waals surface area contributed by atoms with Crippen LogP contribution in [0.4, 0.5) is 42.1 Å². The van der Waals surface area contributed by atoms with E-state index in [0.29, 0.717) is 12.1 Å². The van der Waals surface area contributed by atoms with Gasteiger partial charge in [-0.1, -0.05) is 29.3 Å². The zero-order chi connectivity index (χ0) is 24.5. The van der Waals surface area contributed by atoms with Crippen LogP contribution in [0.15, 0.2) is 46.3 Å². The monoisotopic (exact) mass is 522 g/mol. The Labute approximate surface area is 186 Å². The van der Waals surface area contributed by atoms with Gasteiger partial charge in [-0.25, -0.2) is 9.00 Å². The number of nitrogens with zero attached hydrogens (tertiary/aromatic N) is 1. The predicted octanol–water partition coefficient (Wildman–Crippen LogP) is 6.11. The summed E-state index contributed by atoms with van der Waals surface area (Å²) in [5.41, 5.74) is -0.449. The van der Waals surface area contributed by atoms with Crippen LogP contribution in [0.5, 0.6) is 0 Å². The highest BCUT2D eigenvalue weighted by Gasteiger charge is 2.76. The van der Waals surface area contributed by atoms with E-state index in [0.717, 1.165) is 6.07 Å². The number of isocyanates is 1. The second-order valence-electron chi connectivity index (χ2n) is 5.83. The molecule has 0 saturated carbocycles. The maximum Gasteiger partial charge on any atom is 0.461 e. The molecule has 0 fully saturated rings. The van der Waals surface area contributed by atoms with Gasteiger partial charge in [0.2, 0.25) is 6.08 Å². The zero-order valence-corrected chi connectivity index (χ0v) is 17.3. The van der Waals surface area contributed by atoms with Crippen LogP contribution in [-0.4, -0.2) is 33.5 Å². The number of hydrogen-bond acceptors (Lipinski definition) is 4. The highest BCUT2D eigenvalue weighted by Crippen LogP contribution is 2.50. The van der Waals surface area contributed by atoms with Gasteiger partial charge in [0, 0.05) is 10.5 Å². The maximum absolute atomic E-state index is 13.7. The van der Waals surface area contributed by atoms with Crippen molar-refractivity contribution in [1.82, 2.24) is 0 Å². The van der Waals surface area contributed by atoms with Crippen LogP contribution in [0, 0.1) is 0 Å². The van der Waals surface area contributed by atoms with Crippen molar-refractivity contribution in [3.63, 3.8) is 0 Å². The molecule has 0 aliphatic carbocycles. The molecule has 2 aromatic rings. The van der Waals surface area contributed by atoms with Gasteiger partial charge in [-0.2, -0.15) is 35.7 Å². The van der Waals surface area contributed by atoms with E-state index in [-0.39, 0.29) is 11.3 Å². The average molecular weight is 523 g/mol. The van der Waals surface area contributed by atoms with E-state index >= 15 is 0 Å². The Kier molecular flexibility index (Phi) is 7.40. The number of carbonyl (C=O) groups excluding carboxylic acids is 2. The van der Waals surface area contributed by atoms with Gasteiger partial charge in [0.25, 0.3) is 5.91 Å². The number of hydrogen-bond donors (Lipinski definition) is 1. The quantitative estimate of drug-likeness (QED) is 0.282. The first-order valence-electron chi connectivity index (χ1n) is 7.86. The van der Waals surface area contributed by atoms with Gasteiger partial charge in [-0.15, -0.1) is 0 Å². The first-order chi connectivity index (χ1) is 14.6. The molecule has 32 heavy (non-hydrogen) atoms. The number of benzene rings is 2. The average Bonchev–Trinajstić information content (AvgIpc) is 2.69. The molecule has 5 nitrogen and oxygen atoms in total. The van der Waals surface area contributed by atoms with E-state index in [1.807, 2.05) is 0 Å².